The maximum atomic E-state index is 8.63. The molecule has 0 unspecified atom stereocenters. The monoisotopic (exact) mass is 324 g/mol. The fraction of sp³-hybridized carbons (Fsp3) is 0. The van der Waals surface area contributed by atoms with Gasteiger partial charge in [0.1, 0.15) is 5.40 Å². The fourth-order valence-electron chi connectivity index (χ4n) is 1.94. The zero-order valence-corrected chi connectivity index (χ0v) is 13.1. The van der Waals surface area contributed by atoms with Crippen molar-refractivity contribution in [2.75, 3.05) is 11.1 Å². The van der Waals surface area contributed by atoms with Crippen molar-refractivity contribution >= 4 is 39.6 Å². The first-order chi connectivity index (χ1) is 10.7. The van der Waals surface area contributed by atoms with E-state index < -0.39 is 0 Å². The molecule has 0 atom stereocenters. The molecule has 4 nitrogen and oxygen atoms in total. The summed E-state index contributed by atoms with van der Waals surface area (Å²) < 4.78 is 0. The number of benzene rings is 2. The topological polar surface area (TPSA) is 74.7 Å². The van der Waals surface area contributed by atoms with Crippen LogP contribution in [0, 0.1) is 10.7 Å². The van der Waals surface area contributed by atoms with Gasteiger partial charge >= 0.3 is 0 Å². The lowest BCUT2D eigenvalue weighted by molar-refractivity contribution is 1.37. The third-order valence-electron chi connectivity index (χ3n) is 2.96. The van der Waals surface area contributed by atoms with E-state index in [0.29, 0.717) is 0 Å². The number of hydrogen-bond acceptors (Lipinski definition) is 6. The van der Waals surface area contributed by atoms with Crippen molar-refractivity contribution in [3.8, 4) is 16.7 Å². The minimum atomic E-state index is 0.727. The van der Waals surface area contributed by atoms with Gasteiger partial charge in [0.2, 0.25) is 0 Å². The summed E-state index contributed by atoms with van der Waals surface area (Å²) in [5.74, 6) is 0. The van der Waals surface area contributed by atoms with Gasteiger partial charge in [0.25, 0.3) is 0 Å². The van der Waals surface area contributed by atoms with Crippen LogP contribution in [0.5, 0.6) is 0 Å². The van der Waals surface area contributed by atoms with Gasteiger partial charge in [-0.3, -0.25) is 0 Å². The first kappa shape index (κ1) is 14.4. The van der Waals surface area contributed by atoms with Crippen molar-refractivity contribution in [3.63, 3.8) is 0 Å². The molecule has 0 spiro atoms. The second kappa shape index (κ2) is 6.52. The lowest BCUT2D eigenvalue weighted by Crippen LogP contribution is -1.89. The van der Waals surface area contributed by atoms with Gasteiger partial charge in [-0.1, -0.05) is 12.1 Å². The second-order valence-corrected chi connectivity index (χ2v) is 6.22. The fourth-order valence-corrected chi connectivity index (χ4v) is 3.06. The average molecular weight is 324 g/mol. The van der Waals surface area contributed by atoms with Crippen LogP contribution in [0.2, 0.25) is 0 Å². The number of nitrogens with zero attached hydrogens (tertiary/aromatic N) is 2. The molecule has 0 radical (unpaired) electrons. The van der Waals surface area contributed by atoms with Crippen LogP contribution in [-0.2, 0) is 0 Å². The number of thiocyanates is 1. The Morgan fingerprint density at radius 2 is 2.00 bits per heavy atom. The maximum Gasteiger partial charge on any atom is 0.187 e. The third kappa shape index (κ3) is 3.39. The largest absolute Gasteiger partial charge is 0.399 e. The molecular formula is C16H12N4S2. The van der Waals surface area contributed by atoms with E-state index in [2.05, 4.69) is 15.7 Å². The zero-order chi connectivity index (χ0) is 15.4. The van der Waals surface area contributed by atoms with E-state index in [1.165, 1.54) is 11.3 Å². The predicted molar refractivity (Wildman–Crippen MR) is 93.2 cm³/mol. The van der Waals surface area contributed by atoms with Gasteiger partial charge in [-0.2, -0.15) is 5.26 Å². The molecule has 1 heterocycles. The van der Waals surface area contributed by atoms with E-state index >= 15 is 0 Å². The van der Waals surface area contributed by atoms with Crippen molar-refractivity contribution in [1.29, 1.82) is 5.26 Å². The van der Waals surface area contributed by atoms with Crippen LogP contribution in [0.1, 0.15) is 0 Å². The zero-order valence-electron chi connectivity index (χ0n) is 11.5. The van der Waals surface area contributed by atoms with Gasteiger partial charge in [-0.15, -0.1) is 11.3 Å². The highest BCUT2D eigenvalue weighted by Crippen LogP contribution is 2.28. The number of nitrogens with one attached hydrogen (secondary N) is 1. The molecule has 108 valence electrons. The Morgan fingerprint density at radius 1 is 1.18 bits per heavy atom. The van der Waals surface area contributed by atoms with Crippen LogP contribution in [0.3, 0.4) is 0 Å². The normalized spacial score (nSPS) is 10.1. The highest BCUT2D eigenvalue weighted by atomic mass is 32.2. The molecule has 0 aliphatic heterocycles. The molecule has 2 aromatic carbocycles. The lowest BCUT2D eigenvalue weighted by Gasteiger charge is -2.03. The molecule has 3 N–H and O–H groups in total. The van der Waals surface area contributed by atoms with Crippen molar-refractivity contribution in [3.05, 3.63) is 53.9 Å². The maximum absolute atomic E-state index is 8.63. The van der Waals surface area contributed by atoms with E-state index in [9.17, 15) is 0 Å². The molecule has 0 aliphatic carbocycles. The molecular weight excluding hydrogens is 312 g/mol. The van der Waals surface area contributed by atoms with E-state index in [1.807, 2.05) is 53.9 Å². The third-order valence-corrected chi connectivity index (χ3v) is 4.31. The summed E-state index contributed by atoms with van der Waals surface area (Å²) in [7, 11) is 0. The molecule has 6 heteroatoms. The summed E-state index contributed by atoms with van der Waals surface area (Å²) in [4.78, 5) is 5.49. The van der Waals surface area contributed by atoms with Gasteiger partial charge < -0.3 is 11.1 Å². The van der Waals surface area contributed by atoms with Gasteiger partial charge in [0, 0.05) is 27.2 Å². The van der Waals surface area contributed by atoms with Crippen molar-refractivity contribution in [1.82, 2.24) is 4.98 Å². The Bertz CT molecular complexity index is 819. The molecule has 3 rings (SSSR count). The quantitative estimate of drug-likeness (QED) is 0.413. The van der Waals surface area contributed by atoms with Crippen LogP contribution >= 0.6 is 23.1 Å². The lowest BCUT2D eigenvalue weighted by atomic mass is 10.1. The summed E-state index contributed by atoms with van der Waals surface area (Å²) in [5, 5.41) is 16.8. The standard InChI is InChI=1S/C16H12N4S2/c17-10-22-14-6-4-13(5-7-14)19-16-20-15(9-21-16)11-2-1-3-12(18)8-11/h1-9H,18H2,(H,19,20). The van der Waals surface area contributed by atoms with Crippen LogP contribution in [0.4, 0.5) is 16.5 Å². The number of nitrogens with two attached hydrogens (primary N) is 1. The highest BCUT2D eigenvalue weighted by Gasteiger charge is 2.05. The average Bonchev–Trinajstić information content (AvgIpc) is 2.98. The van der Waals surface area contributed by atoms with Crippen molar-refractivity contribution in [2.24, 2.45) is 0 Å². The Kier molecular flexibility index (Phi) is 4.28. The number of anilines is 3. The number of thiazole rings is 1. The van der Waals surface area contributed by atoms with Gasteiger partial charge in [-0.05, 0) is 48.2 Å². The molecule has 1 aromatic heterocycles. The first-order valence-electron chi connectivity index (χ1n) is 6.49. The minimum Gasteiger partial charge on any atom is -0.399 e. The van der Waals surface area contributed by atoms with E-state index in [0.717, 1.165) is 44.4 Å². The summed E-state index contributed by atoms with van der Waals surface area (Å²) in [6.45, 7) is 0. The number of nitriles is 1. The number of aromatic nitrogens is 1. The van der Waals surface area contributed by atoms with Crippen molar-refractivity contribution < 1.29 is 0 Å². The molecule has 3 aromatic rings. The highest BCUT2D eigenvalue weighted by molar-refractivity contribution is 8.03. The van der Waals surface area contributed by atoms with Crippen LogP contribution in [-0.4, -0.2) is 4.98 Å². The van der Waals surface area contributed by atoms with Gasteiger partial charge in [0.05, 0.1) is 5.69 Å². The molecule has 0 fully saturated rings. The van der Waals surface area contributed by atoms with Crippen LogP contribution < -0.4 is 11.1 Å². The van der Waals surface area contributed by atoms with E-state index in [-0.39, 0.29) is 0 Å². The Hall–Kier alpha value is -2.49. The molecule has 0 bridgehead atoms. The molecule has 22 heavy (non-hydrogen) atoms. The Morgan fingerprint density at radius 3 is 2.73 bits per heavy atom. The summed E-state index contributed by atoms with van der Waals surface area (Å²) in [6, 6.07) is 15.3. The second-order valence-electron chi connectivity index (χ2n) is 4.51. The number of rotatable bonds is 4. The van der Waals surface area contributed by atoms with Crippen LogP contribution in [0.25, 0.3) is 11.3 Å². The van der Waals surface area contributed by atoms with E-state index in [4.69, 9.17) is 11.0 Å². The molecule has 0 amide bonds. The Balaban J connectivity index is 1.75. The predicted octanol–water partition coefficient (Wildman–Crippen LogP) is 4.71. The van der Waals surface area contributed by atoms with Crippen LogP contribution in [0.15, 0.2) is 58.8 Å². The summed E-state index contributed by atoms with van der Waals surface area (Å²) in [6.07, 6.45) is 0. The smallest absolute Gasteiger partial charge is 0.187 e. The van der Waals surface area contributed by atoms with Crippen molar-refractivity contribution in [2.45, 2.75) is 4.90 Å². The summed E-state index contributed by atoms with van der Waals surface area (Å²) in [5.41, 5.74) is 9.37. The molecule has 0 saturated carbocycles. The first-order valence-corrected chi connectivity index (χ1v) is 8.19. The minimum absolute atomic E-state index is 0.727. The Labute approximate surface area is 136 Å². The van der Waals surface area contributed by atoms with E-state index in [1.54, 1.807) is 0 Å². The number of thioether (sulfide) groups is 1. The number of nitrogen functional groups attached to an aromatic ring is 1. The SMILES string of the molecule is N#CSc1ccc(Nc2nc(-c3cccc(N)c3)cs2)cc1. The van der Waals surface area contributed by atoms with Gasteiger partial charge in [0.15, 0.2) is 5.13 Å². The van der Waals surface area contributed by atoms with Gasteiger partial charge in [-0.25, -0.2) is 4.98 Å². The molecule has 0 aliphatic rings. The summed E-state index contributed by atoms with van der Waals surface area (Å²) >= 11 is 2.68. The number of hydrogen-bond donors (Lipinski definition) is 2. The molecule has 0 saturated heterocycles.